The maximum atomic E-state index is 12.1. The summed E-state index contributed by atoms with van der Waals surface area (Å²) in [7, 11) is 0. The minimum absolute atomic E-state index is 0.0468. The van der Waals surface area contributed by atoms with Crippen LogP contribution in [0.5, 0.6) is 0 Å². The van der Waals surface area contributed by atoms with Gasteiger partial charge in [0.25, 0.3) is 5.56 Å². The molecule has 2 rings (SSSR count). The summed E-state index contributed by atoms with van der Waals surface area (Å²) in [6, 6.07) is 9.91. The lowest BCUT2D eigenvalue weighted by Crippen LogP contribution is -2.25. The van der Waals surface area contributed by atoms with Crippen molar-refractivity contribution in [3.8, 4) is 0 Å². The molecule has 1 heterocycles. The van der Waals surface area contributed by atoms with Crippen molar-refractivity contribution in [2.45, 2.75) is 12.8 Å². The molecule has 0 saturated heterocycles. The molecule has 0 atom stereocenters. The highest BCUT2D eigenvalue weighted by atomic mass is 32.1. The molecule has 0 aliphatic carbocycles. The highest BCUT2D eigenvalue weighted by Gasteiger charge is 2.07. The lowest BCUT2D eigenvalue weighted by molar-refractivity contribution is 0.900. The number of aromatic amines is 2. The van der Waals surface area contributed by atoms with Gasteiger partial charge in [0.05, 0.1) is 11.9 Å². The Bertz CT molecular complexity index is 795. The maximum Gasteiger partial charge on any atom is 0.255 e. The van der Waals surface area contributed by atoms with E-state index in [9.17, 15) is 4.79 Å². The largest absolute Gasteiger partial charge is 0.375 e. The van der Waals surface area contributed by atoms with E-state index < -0.39 is 0 Å². The summed E-state index contributed by atoms with van der Waals surface area (Å²) < 4.78 is 0.241. The fourth-order valence-electron chi connectivity index (χ4n) is 1.96. The molecule has 0 unspecified atom stereocenters. The second-order valence-corrected chi connectivity index (χ2v) is 5.37. The molecule has 1 aromatic heterocycles. The summed E-state index contributed by atoms with van der Waals surface area (Å²) in [5.41, 5.74) is 9.78. The van der Waals surface area contributed by atoms with E-state index in [0.717, 1.165) is 12.0 Å². The van der Waals surface area contributed by atoms with Crippen molar-refractivity contribution in [3.63, 3.8) is 0 Å². The molecular formula is C14H15N5OS2. The van der Waals surface area contributed by atoms with Gasteiger partial charge in [-0.3, -0.25) is 15.2 Å². The number of H-pyrrole nitrogens is 2. The summed E-state index contributed by atoms with van der Waals surface area (Å²) in [6.45, 7) is 0. The second-order valence-electron chi connectivity index (χ2n) is 4.52. The number of hydrogen-bond donors (Lipinski definition) is 4. The Kier molecular flexibility index (Phi) is 5.56. The van der Waals surface area contributed by atoms with Crippen molar-refractivity contribution in [1.29, 1.82) is 0 Å². The molecule has 6 nitrogen and oxygen atoms in total. The number of nitrogens with one attached hydrogen (secondary N) is 3. The zero-order chi connectivity index (χ0) is 15.9. The van der Waals surface area contributed by atoms with Crippen molar-refractivity contribution < 1.29 is 0 Å². The topological polar surface area (TPSA) is 99.1 Å². The monoisotopic (exact) mass is 333 g/mol. The van der Waals surface area contributed by atoms with E-state index in [4.69, 9.17) is 18.0 Å². The molecule has 0 amide bonds. The lowest BCUT2D eigenvalue weighted by atomic mass is 10.0. The fraction of sp³-hybridized carbons (Fsp3) is 0.143. The van der Waals surface area contributed by atoms with Crippen molar-refractivity contribution in [2.24, 2.45) is 10.8 Å². The molecule has 2 aromatic rings. The molecular weight excluding hydrogens is 318 g/mol. The first-order valence-corrected chi connectivity index (χ1v) is 7.36. The van der Waals surface area contributed by atoms with Crippen LogP contribution in [-0.4, -0.2) is 21.3 Å². The van der Waals surface area contributed by atoms with E-state index in [2.05, 4.69) is 32.7 Å². The number of benzene rings is 1. The van der Waals surface area contributed by atoms with Crippen LogP contribution in [0.15, 0.2) is 40.2 Å². The van der Waals surface area contributed by atoms with Crippen molar-refractivity contribution in [1.82, 2.24) is 15.4 Å². The Labute approximate surface area is 137 Å². The van der Waals surface area contributed by atoms with Crippen molar-refractivity contribution in [2.75, 3.05) is 0 Å². The molecule has 0 aliphatic heterocycles. The van der Waals surface area contributed by atoms with Crippen LogP contribution in [0.3, 0.4) is 0 Å². The molecule has 0 saturated carbocycles. The number of thiocarbonyl (C=S) groups is 1. The van der Waals surface area contributed by atoms with Gasteiger partial charge >= 0.3 is 0 Å². The predicted octanol–water partition coefficient (Wildman–Crippen LogP) is 1.38. The Hall–Kier alpha value is -2.32. The molecule has 22 heavy (non-hydrogen) atoms. The van der Waals surface area contributed by atoms with E-state index in [0.29, 0.717) is 17.7 Å². The summed E-state index contributed by atoms with van der Waals surface area (Å²) in [5, 5.41) is 3.91. The number of aromatic nitrogens is 2. The minimum atomic E-state index is -0.226. The third-order valence-electron chi connectivity index (χ3n) is 2.95. The SMILES string of the molecule is NC(=S)NN=Cc1[nH]c(=S)[nH]c(=O)c1CCc1ccccc1. The first-order chi connectivity index (χ1) is 10.6. The van der Waals surface area contributed by atoms with Gasteiger partial charge in [0.15, 0.2) is 9.88 Å². The third-order valence-corrected chi connectivity index (χ3v) is 3.24. The normalized spacial score (nSPS) is 10.7. The second kappa shape index (κ2) is 7.62. The smallest absolute Gasteiger partial charge is 0.255 e. The number of hydrazone groups is 1. The third kappa shape index (κ3) is 4.61. The van der Waals surface area contributed by atoms with Crippen LogP contribution in [-0.2, 0) is 12.8 Å². The maximum absolute atomic E-state index is 12.1. The molecule has 8 heteroatoms. The Morgan fingerprint density at radius 3 is 2.68 bits per heavy atom. The van der Waals surface area contributed by atoms with Gasteiger partial charge in [0.1, 0.15) is 0 Å². The predicted molar refractivity (Wildman–Crippen MR) is 93.6 cm³/mol. The number of aryl methyl sites for hydroxylation is 1. The Morgan fingerprint density at radius 2 is 2.00 bits per heavy atom. The number of nitrogens with two attached hydrogens (primary N) is 1. The van der Waals surface area contributed by atoms with E-state index in [1.165, 1.54) is 6.21 Å². The fourth-order valence-corrected chi connectivity index (χ4v) is 2.22. The summed E-state index contributed by atoms with van der Waals surface area (Å²) in [6.07, 6.45) is 2.74. The Balaban J connectivity index is 2.25. The average molecular weight is 333 g/mol. The molecule has 0 bridgehead atoms. The van der Waals surface area contributed by atoms with E-state index in [1.54, 1.807) is 0 Å². The summed E-state index contributed by atoms with van der Waals surface area (Å²) in [4.78, 5) is 17.6. The molecule has 0 spiro atoms. The van der Waals surface area contributed by atoms with Gasteiger partial charge in [0.2, 0.25) is 0 Å². The van der Waals surface area contributed by atoms with Crippen LogP contribution in [0.2, 0.25) is 0 Å². The van der Waals surface area contributed by atoms with Crippen molar-refractivity contribution in [3.05, 3.63) is 62.3 Å². The molecule has 1 aromatic carbocycles. The zero-order valence-electron chi connectivity index (χ0n) is 11.6. The molecule has 114 valence electrons. The van der Waals surface area contributed by atoms with Gasteiger partial charge in [-0.1, -0.05) is 30.3 Å². The van der Waals surface area contributed by atoms with Crippen LogP contribution in [0.1, 0.15) is 16.8 Å². The molecule has 5 N–H and O–H groups in total. The molecule has 0 aliphatic rings. The van der Waals surface area contributed by atoms with E-state index in [-0.39, 0.29) is 15.4 Å². The van der Waals surface area contributed by atoms with Crippen molar-refractivity contribution >= 4 is 35.8 Å². The van der Waals surface area contributed by atoms with Crippen LogP contribution < -0.4 is 16.7 Å². The van der Waals surface area contributed by atoms with E-state index in [1.807, 2.05) is 30.3 Å². The Morgan fingerprint density at radius 1 is 1.27 bits per heavy atom. The number of rotatable bonds is 5. The number of hydrogen-bond acceptors (Lipinski definition) is 4. The molecule has 0 radical (unpaired) electrons. The summed E-state index contributed by atoms with van der Waals surface area (Å²) in [5.74, 6) is 0. The van der Waals surface area contributed by atoms with Crippen LogP contribution in [0.4, 0.5) is 0 Å². The minimum Gasteiger partial charge on any atom is -0.375 e. The van der Waals surface area contributed by atoms with Gasteiger partial charge in [-0.05, 0) is 42.8 Å². The first-order valence-electron chi connectivity index (χ1n) is 6.54. The van der Waals surface area contributed by atoms with Crippen LogP contribution in [0, 0.1) is 4.77 Å². The quantitative estimate of drug-likeness (QED) is 0.376. The van der Waals surface area contributed by atoms with Gasteiger partial charge in [0, 0.05) is 5.56 Å². The zero-order valence-corrected chi connectivity index (χ0v) is 13.3. The highest BCUT2D eigenvalue weighted by Crippen LogP contribution is 2.06. The van der Waals surface area contributed by atoms with Gasteiger partial charge in [-0.2, -0.15) is 5.10 Å². The van der Waals surface area contributed by atoms with E-state index >= 15 is 0 Å². The standard InChI is InChI=1S/C14H15N5OS2/c15-13(21)19-16-8-11-10(12(20)18-14(22)17-11)7-6-9-4-2-1-3-5-9/h1-5,8H,6-7H2,(H3,15,19,21)(H2,17,18,20,22). The van der Waals surface area contributed by atoms with Gasteiger partial charge in [-0.25, -0.2) is 0 Å². The van der Waals surface area contributed by atoms with Gasteiger partial charge < -0.3 is 10.7 Å². The lowest BCUT2D eigenvalue weighted by Gasteiger charge is -2.05. The van der Waals surface area contributed by atoms with Gasteiger partial charge in [-0.15, -0.1) is 0 Å². The first kappa shape index (κ1) is 16.1. The number of nitrogens with zero attached hydrogens (tertiary/aromatic N) is 1. The van der Waals surface area contributed by atoms with Crippen LogP contribution in [0.25, 0.3) is 0 Å². The molecule has 0 fully saturated rings. The highest BCUT2D eigenvalue weighted by molar-refractivity contribution is 7.80. The average Bonchev–Trinajstić information content (AvgIpc) is 2.47. The van der Waals surface area contributed by atoms with Crippen LogP contribution >= 0.6 is 24.4 Å². The summed E-state index contributed by atoms with van der Waals surface area (Å²) >= 11 is 9.65.